The standard InChI is InChI=1S/C15H30N2O2/c1-6-19-14(18)15(3,16-4)10-7-11-17(5)12(2)13-8-9-13/h12-13,16H,6-11H2,1-5H3. The molecule has 4 nitrogen and oxygen atoms in total. The van der Waals surface area contributed by atoms with Crippen LogP contribution in [-0.2, 0) is 9.53 Å². The van der Waals surface area contributed by atoms with Crippen molar-refractivity contribution in [1.29, 1.82) is 0 Å². The molecule has 0 amide bonds. The second kappa shape index (κ2) is 7.25. The Kier molecular flexibility index (Phi) is 6.27. The average Bonchev–Trinajstić information content (AvgIpc) is 3.22. The van der Waals surface area contributed by atoms with Gasteiger partial charge < -0.3 is 15.0 Å². The van der Waals surface area contributed by atoms with Gasteiger partial charge in [-0.05, 0) is 73.0 Å². The second-order valence-corrected chi connectivity index (χ2v) is 5.96. The zero-order valence-corrected chi connectivity index (χ0v) is 13.2. The van der Waals surface area contributed by atoms with E-state index in [4.69, 9.17) is 4.74 Å². The van der Waals surface area contributed by atoms with Gasteiger partial charge >= 0.3 is 5.97 Å². The van der Waals surface area contributed by atoms with Crippen LogP contribution in [0.25, 0.3) is 0 Å². The minimum absolute atomic E-state index is 0.143. The third kappa shape index (κ3) is 4.77. The first-order chi connectivity index (χ1) is 8.94. The van der Waals surface area contributed by atoms with Gasteiger partial charge in [-0.1, -0.05) is 0 Å². The van der Waals surface area contributed by atoms with E-state index in [2.05, 4.69) is 24.2 Å². The van der Waals surface area contributed by atoms with Crippen molar-refractivity contribution in [3.8, 4) is 0 Å². The summed E-state index contributed by atoms with van der Waals surface area (Å²) in [7, 11) is 4.01. The Morgan fingerprint density at radius 3 is 2.63 bits per heavy atom. The van der Waals surface area contributed by atoms with Gasteiger partial charge in [-0.3, -0.25) is 4.79 Å². The van der Waals surface area contributed by atoms with Crippen LogP contribution >= 0.6 is 0 Å². The van der Waals surface area contributed by atoms with Crippen LogP contribution < -0.4 is 5.32 Å². The lowest BCUT2D eigenvalue weighted by Crippen LogP contribution is -2.49. The lowest BCUT2D eigenvalue weighted by atomic mass is 9.96. The number of nitrogens with zero attached hydrogens (tertiary/aromatic N) is 1. The van der Waals surface area contributed by atoms with Crippen molar-refractivity contribution in [2.24, 2.45) is 5.92 Å². The van der Waals surface area contributed by atoms with Crippen LogP contribution in [0.15, 0.2) is 0 Å². The molecule has 0 aliphatic heterocycles. The van der Waals surface area contributed by atoms with E-state index in [-0.39, 0.29) is 5.97 Å². The summed E-state index contributed by atoms with van der Waals surface area (Å²) < 4.78 is 5.14. The minimum atomic E-state index is -0.556. The van der Waals surface area contributed by atoms with E-state index in [0.717, 1.165) is 25.3 Å². The van der Waals surface area contributed by atoms with Crippen LogP contribution in [-0.4, -0.2) is 49.7 Å². The van der Waals surface area contributed by atoms with Crippen molar-refractivity contribution in [2.45, 2.75) is 58.0 Å². The monoisotopic (exact) mass is 270 g/mol. The molecule has 4 heteroatoms. The van der Waals surface area contributed by atoms with Gasteiger partial charge in [-0.2, -0.15) is 0 Å². The van der Waals surface area contributed by atoms with Crippen molar-refractivity contribution in [1.82, 2.24) is 10.2 Å². The fraction of sp³-hybridized carbons (Fsp3) is 0.933. The Hall–Kier alpha value is -0.610. The zero-order valence-electron chi connectivity index (χ0n) is 13.2. The fourth-order valence-electron chi connectivity index (χ4n) is 2.44. The summed E-state index contributed by atoms with van der Waals surface area (Å²) in [6.45, 7) is 7.55. The first-order valence-corrected chi connectivity index (χ1v) is 7.51. The molecule has 1 N–H and O–H groups in total. The quantitative estimate of drug-likeness (QED) is 0.651. The van der Waals surface area contributed by atoms with E-state index >= 15 is 0 Å². The smallest absolute Gasteiger partial charge is 0.326 e. The molecule has 0 spiro atoms. The van der Waals surface area contributed by atoms with Crippen molar-refractivity contribution < 1.29 is 9.53 Å². The van der Waals surface area contributed by atoms with Crippen molar-refractivity contribution in [3.63, 3.8) is 0 Å². The molecule has 1 rings (SSSR count). The molecule has 1 fully saturated rings. The number of likely N-dealkylation sites (N-methyl/N-ethyl adjacent to an activating group) is 1. The highest BCUT2D eigenvalue weighted by Gasteiger charge is 2.33. The number of nitrogens with one attached hydrogen (secondary N) is 1. The summed E-state index contributed by atoms with van der Waals surface area (Å²) in [5.74, 6) is 0.751. The van der Waals surface area contributed by atoms with Crippen LogP contribution in [0.4, 0.5) is 0 Å². The Labute approximate surface area is 117 Å². The van der Waals surface area contributed by atoms with Gasteiger partial charge in [0.15, 0.2) is 0 Å². The van der Waals surface area contributed by atoms with Crippen LogP contribution in [0, 0.1) is 5.92 Å². The molecule has 112 valence electrons. The Balaban J connectivity index is 2.33. The molecule has 2 atom stereocenters. The van der Waals surface area contributed by atoms with Crippen LogP contribution in [0.1, 0.15) is 46.5 Å². The summed E-state index contributed by atoms with van der Waals surface area (Å²) in [6.07, 6.45) is 4.57. The van der Waals surface area contributed by atoms with Crippen molar-refractivity contribution >= 4 is 5.97 Å². The van der Waals surface area contributed by atoms with Gasteiger partial charge in [0.25, 0.3) is 0 Å². The number of carbonyl (C=O) groups excluding carboxylic acids is 1. The molecule has 1 aliphatic rings. The molecular formula is C15H30N2O2. The van der Waals surface area contributed by atoms with Crippen LogP contribution in [0.3, 0.4) is 0 Å². The number of esters is 1. The largest absolute Gasteiger partial charge is 0.465 e. The van der Waals surface area contributed by atoms with Crippen molar-refractivity contribution in [3.05, 3.63) is 0 Å². The van der Waals surface area contributed by atoms with Gasteiger partial charge in [0, 0.05) is 6.04 Å². The number of ether oxygens (including phenoxy) is 1. The van der Waals surface area contributed by atoms with E-state index in [9.17, 15) is 4.79 Å². The Bertz CT molecular complexity index is 292. The summed E-state index contributed by atoms with van der Waals surface area (Å²) in [4.78, 5) is 14.3. The maximum Gasteiger partial charge on any atom is 0.326 e. The topological polar surface area (TPSA) is 41.6 Å². The summed E-state index contributed by atoms with van der Waals surface area (Å²) >= 11 is 0. The predicted octanol–water partition coefficient (Wildman–Crippen LogP) is 2.04. The third-order valence-corrected chi connectivity index (χ3v) is 4.46. The number of hydrogen-bond acceptors (Lipinski definition) is 4. The molecule has 0 saturated heterocycles. The highest BCUT2D eigenvalue weighted by atomic mass is 16.5. The van der Waals surface area contributed by atoms with Crippen molar-refractivity contribution in [2.75, 3.05) is 27.2 Å². The van der Waals surface area contributed by atoms with Gasteiger partial charge in [-0.15, -0.1) is 0 Å². The molecule has 19 heavy (non-hydrogen) atoms. The highest BCUT2D eigenvalue weighted by Crippen LogP contribution is 2.34. The first kappa shape index (κ1) is 16.4. The van der Waals surface area contributed by atoms with Gasteiger partial charge in [0.2, 0.25) is 0 Å². The minimum Gasteiger partial charge on any atom is -0.465 e. The summed E-state index contributed by atoms with van der Waals surface area (Å²) in [5, 5.41) is 3.11. The summed E-state index contributed by atoms with van der Waals surface area (Å²) in [6, 6.07) is 0.670. The molecular weight excluding hydrogens is 240 g/mol. The SMILES string of the molecule is CCOC(=O)C(C)(CCCN(C)C(C)C1CC1)NC. The number of rotatable bonds is 9. The third-order valence-electron chi connectivity index (χ3n) is 4.46. The molecule has 0 bridgehead atoms. The molecule has 2 unspecified atom stereocenters. The van der Waals surface area contributed by atoms with E-state index in [1.54, 1.807) is 0 Å². The highest BCUT2D eigenvalue weighted by molar-refractivity contribution is 5.80. The molecule has 1 saturated carbocycles. The first-order valence-electron chi connectivity index (χ1n) is 7.51. The van der Waals surface area contributed by atoms with Crippen LogP contribution in [0.2, 0.25) is 0 Å². The Morgan fingerprint density at radius 1 is 1.53 bits per heavy atom. The number of hydrogen-bond donors (Lipinski definition) is 1. The Morgan fingerprint density at radius 2 is 2.16 bits per heavy atom. The van der Waals surface area contributed by atoms with E-state index < -0.39 is 5.54 Å². The molecule has 1 aliphatic carbocycles. The van der Waals surface area contributed by atoms with Gasteiger partial charge in [0.05, 0.1) is 6.61 Å². The lowest BCUT2D eigenvalue weighted by Gasteiger charge is -2.29. The van der Waals surface area contributed by atoms with Gasteiger partial charge in [-0.25, -0.2) is 0 Å². The second-order valence-electron chi connectivity index (χ2n) is 5.96. The fourth-order valence-corrected chi connectivity index (χ4v) is 2.44. The van der Waals surface area contributed by atoms with Crippen LogP contribution in [0.5, 0.6) is 0 Å². The molecule has 0 aromatic heterocycles. The van der Waals surface area contributed by atoms with Gasteiger partial charge in [0.1, 0.15) is 5.54 Å². The maximum absolute atomic E-state index is 11.9. The zero-order chi connectivity index (χ0) is 14.5. The summed E-state index contributed by atoms with van der Waals surface area (Å²) in [5.41, 5.74) is -0.556. The molecule has 0 heterocycles. The normalized spacial score (nSPS) is 20.1. The van der Waals surface area contributed by atoms with E-state index in [1.165, 1.54) is 12.8 Å². The van der Waals surface area contributed by atoms with E-state index in [1.807, 2.05) is 20.9 Å². The lowest BCUT2D eigenvalue weighted by molar-refractivity contribution is -0.150. The number of carbonyl (C=O) groups is 1. The molecule has 0 aromatic carbocycles. The maximum atomic E-state index is 11.9. The van der Waals surface area contributed by atoms with E-state index in [0.29, 0.717) is 12.6 Å². The molecule has 0 radical (unpaired) electrons. The molecule has 0 aromatic rings. The predicted molar refractivity (Wildman–Crippen MR) is 78.1 cm³/mol. The average molecular weight is 270 g/mol.